The van der Waals surface area contributed by atoms with Crippen LogP contribution >= 0.6 is 0 Å². The summed E-state index contributed by atoms with van der Waals surface area (Å²) in [6.07, 6.45) is 0. The third-order valence-electron chi connectivity index (χ3n) is 2.98. The topological polar surface area (TPSA) is 34.2 Å². The van der Waals surface area contributed by atoms with Gasteiger partial charge < -0.3 is 14.6 Å². The van der Waals surface area contributed by atoms with Crippen LogP contribution in [0.5, 0.6) is 0 Å². The van der Waals surface area contributed by atoms with E-state index in [4.69, 9.17) is 4.42 Å². The normalized spacial score (nSPS) is 11.2. The number of nitrogens with two attached hydrogens (primary N) is 1. The van der Waals surface area contributed by atoms with E-state index in [2.05, 4.69) is 19.4 Å². The molecule has 0 bridgehead atoms. The zero-order valence-corrected chi connectivity index (χ0v) is 11.4. The van der Waals surface area contributed by atoms with Crippen molar-refractivity contribution in [2.75, 3.05) is 27.2 Å². The third kappa shape index (κ3) is 4.19. The lowest BCUT2D eigenvalue weighted by Gasteiger charge is -2.04. The quantitative estimate of drug-likeness (QED) is 0.723. The van der Waals surface area contributed by atoms with Crippen LogP contribution in [0, 0.1) is 5.82 Å². The Labute approximate surface area is 113 Å². The van der Waals surface area contributed by atoms with Gasteiger partial charge in [-0.05, 0) is 36.4 Å². The molecule has 102 valence electrons. The van der Waals surface area contributed by atoms with Crippen molar-refractivity contribution in [3.63, 3.8) is 0 Å². The molecule has 1 aromatic heterocycles. The standard InChI is InChI=1S/C15H19FN2O/c1-18(2)10-9-17-11-14-7-8-15(19-14)12-3-5-13(16)6-4-12/h3-8,17H,9-11H2,1-2H3/p+2. The van der Waals surface area contributed by atoms with Crippen LogP contribution in [0.3, 0.4) is 0 Å². The van der Waals surface area contributed by atoms with E-state index in [0.717, 1.165) is 36.7 Å². The molecule has 3 N–H and O–H groups in total. The van der Waals surface area contributed by atoms with Crippen LogP contribution in [0.15, 0.2) is 40.8 Å². The van der Waals surface area contributed by atoms with Crippen LogP contribution in [0.1, 0.15) is 5.76 Å². The molecule has 0 radical (unpaired) electrons. The molecule has 0 atom stereocenters. The van der Waals surface area contributed by atoms with Gasteiger partial charge in [0.15, 0.2) is 5.76 Å². The predicted molar refractivity (Wildman–Crippen MR) is 72.3 cm³/mol. The van der Waals surface area contributed by atoms with Gasteiger partial charge in [0, 0.05) is 5.56 Å². The van der Waals surface area contributed by atoms with Crippen molar-refractivity contribution in [1.29, 1.82) is 0 Å². The Hall–Kier alpha value is -1.65. The lowest BCUT2D eigenvalue weighted by molar-refractivity contribution is -0.875. The van der Waals surface area contributed by atoms with E-state index in [-0.39, 0.29) is 5.82 Å². The predicted octanol–water partition coefficient (Wildman–Crippen LogP) is 0.294. The van der Waals surface area contributed by atoms with Gasteiger partial charge in [0.1, 0.15) is 31.2 Å². The Bertz CT molecular complexity index is 505. The molecule has 2 rings (SSSR count). The third-order valence-corrected chi connectivity index (χ3v) is 2.98. The molecule has 0 saturated carbocycles. The minimum Gasteiger partial charge on any atom is -0.455 e. The minimum atomic E-state index is -0.227. The highest BCUT2D eigenvalue weighted by atomic mass is 19.1. The van der Waals surface area contributed by atoms with Crippen molar-refractivity contribution < 1.29 is 19.0 Å². The monoisotopic (exact) mass is 264 g/mol. The van der Waals surface area contributed by atoms with E-state index < -0.39 is 0 Å². The van der Waals surface area contributed by atoms with Gasteiger partial charge >= 0.3 is 0 Å². The summed E-state index contributed by atoms with van der Waals surface area (Å²) in [7, 11) is 4.29. The number of halogens is 1. The average Bonchev–Trinajstić information content (AvgIpc) is 2.84. The van der Waals surface area contributed by atoms with E-state index in [1.807, 2.05) is 12.1 Å². The van der Waals surface area contributed by atoms with Crippen molar-refractivity contribution in [2.45, 2.75) is 6.54 Å². The van der Waals surface area contributed by atoms with Crippen molar-refractivity contribution in [3.05, 3.63) is 48.0 Å². The molecule has 0 spiro atoms. The number of quaternary nitrogens is 2. The van der Waals surface area contributed by atoms with Crippen LogP contribution in [0.25, 0.3) is 11.3 Å². The molecule has 19 heavy (non-hydrogen) atoms. The second-order valence-electron chi connectivity index (χ2n) is 5.01. The largest absolute Gasteiger partial charge is 0.455 e. The molecule has 2 aromatic rings. The lowest BCUT2D eigenvalue weighted by Crippen LogP contribution is -3.09. The van der Waals surface area contributed by atoms with Crippen molar-refractivity contribution >= 4 is 0 Å². The molecule has 0 unspecified atom stereocenters. The van der Waals surface area contributed by atoms with E-state index in [1.54, 1.807) is 12.1 Å². The summed E-state index contributed by atoms with van der Waals surface area (Å²) in [4.78, 5) is 1.45. The van der Waals surface area contributed by atoms with E-state index in [0.29, 0.717) is 0 Å². The van der Waals surface area contributed by atoms with Gasteiger partial charge in [0.25, 0.3) is 0 Å². The Morgan fingerprint density at radius 2 is 1.84 bits per heavy atom. The van der Waals surface area contributed by atoms with Crippen molar-refractivity contribution in [1.82, 2.24) is 0 Å². The van der Waals surface area contributed by atoms with Crippen LogP contribution in [0.4, 0.5) is 4.39 Å². The van der Waals surface area contributed by atoms with Gasteiger partial charge in [-0.1, -0.05) is 0 Å². The molecule has 0 fully saturated rings. The van der Waals surface area contributed by atoms with Crippen LogP contribution in [0.2, 0.25) is 0 Å². The minimum absolute atomic E-state index is 0.227. The molecule has 0 aliphatic rings. The van der Waals surface area contributed by atoms with Crippen molar-refractivity contribution in [2.24, 2.45) is 0 Å². The first-order valence-corrected chi connectivity index (χ1v) is 6.60. The Balaban J connectivity index is 1.90. The van der Waals surface area contributed by atoms with Crippen LogP contribution < -0.4 is 10.2 Å². The van der Waals surface area contributed by atoms with E-state index >= 15 is 0 Å². The molecule has 0 saturated heterocycles. The number of furan rings is 1. The summed E-state index contributed by atoms with van der Waals surface area (Å²) < 4.78 is 18.6. The molecule has 0 aliphatic heterocycles. The summed E-state index contributed by atoms with van der Waals surface area (Å²) >= 11 is 0. The van der Waals surface area contributed by atoms with E-state index in [1.165, 1.54) is 17.0 Å². The maximum atomic E-state index is 12.8. The highest BCUT2D eigenvalue weighted by Crippen LogP contribution is 2.21. The fourth-order valence-electron chi connectivity index (χ4n) is 1.89. The van der Waals surface area contributed by atoms with Gasteiger partial charge in [-0.3, -0.25) is 0 Å². The molecule has 0 amide bonds. The number of hydrogen-bond donors (Lipinski definition) is 2. The highest BCUT2D eigenvalue weighted by Gasteiger charge is 2.06. The smallest absolute Gasteiger partial charge is 0.158 e. The molecule has 1 heterocycles. The summed E-state index contributed by atoms with van der Waals surface area (Å²) in [5.74, 6) is 1.52. The fourth-order valence-corrected chi connectivity index (χ4v) is 1.89. The number of hydrogen-bond acceptors (Lipinski definition) is 1. The fraction of sp³-hybridized carbons (Fsp3) is 0.333. The summed E-state index contributed by atoms with van der Waals surface area (Å²) in [5.41, 5.74) is 0.908. The van der Waals surface area contributed by atoms with Gasteiger partial charge in [0.2, 0.25) is 0 Å². The second-order valence-corrected chi connectivity index (χ2v) is 5.01. The summed E-state index contributed by atoms with van der Waals surface area (Å²) in [5, 5.41) is 2.24. The molecular formula is C15H21FN2O+2. The van der Waals surface area contributed by atoms with Crippen molar-refractivity contribution in [3.8, 4) is 11.3 Å². The lowest BCUT2D eigenvalue weighted by atomic mass is 10.2. The molecule has 3 nitrogen and oxygen atoms in total. The molecule has 4 heteroatoms. The van der Waals surface area contributed by atoms with Gasteiger partial charge in [-0.25, -0.2) is 4.39 Å². The first kappa shape index (κ1) is 13.8. The zero-order valence-electron chi connectivity index (χ0n) is 11.4. The van der Waals surface area contributed by atoms with Gasteiger partial charge in [0.05, 0.1) is 14.1 Å². The summed E-state index contributed by atoms with van der Waals surface area (Å²) in [6.45, 7) is 3.05. The maximum absolute atomic E-state index is 12.8. The molecule has 1 aromatic carbocycles. The first-order valence-electron chi connectivity index (χ1n) is 6.60. The maximum Gasteiger partial charge on any atom is 0.158 e. The van der Waals surface area contributed by atoms with Crippen LogP contribution in [-0.4, -0.2) is 27.2 Å². The second kappa shape index (κ2) is 6.50. The van der Waals surface area contributed by atoms with Gasteiger partial charge in [-0.2, -0.15) is 0 Å². The highest BCUT2D eigenvalue weighted by molar-refractivity contribution is 5.57. The number of benzene rings is 1. The van der Waals surface area contributed by atoms with Gasteiger partial charge in [-0.15, -0.1) is 0 Å². The number of nitrogens with one attached hydrogen (secondary N) is 1. The number of likely N-dealkylation sites (N-methyl/N-ethyl adjacent to an activating group) is 1. The van der Waals surface area contributed by atoms with Crippen LogP contribution in [-0.2, 0) is 6.54 Å². The molecular weight excluding hydrogens is 243 g/mol. The number of rotatable bonds is 6. The Kier molecular flexibility index (Phi) is 4.71. The zero-order chi connectivity index (χ0) is 13.7. The average molecular weight is 264 g/mol. The van der Waals surface area contributed by atoms with E-state index in [9.17, 15) is 4.39 Å². The Morgan fingerprint density at radius 3 is 2.53 bits per heavy atom. The molecule has 0 aliphatic carbocycles. The Morgan fingerprint density at radius 1 is 1.11 bits per heavy atom. The SMILES string of the molecule is C[NH+](C)CC[NH2+]Cc1ccc(-c2ccc(F)cc2)o1. The summed E-state index contributed by atoms with van der Waals surface area (Å²) in [6, 6.07) is 10.3. The first-order chi connectivity index (χ1) is 9.15.